The minimum Gasteiger partial charge on any atom is -0.376 e. The summed E-state index contributed by atoms with van der Waals surface area (Å²) in [5.41, 5.74) is 1.94. The molecule has 0 bridgehead atoms. The van der Waals surface area contributed by atoms with Crippen molar-refractivity contribution >= 4 is 0 Å². The van der Waals surface area contributed by atoms with E-state index >= 15 is 0 Å². The molecule has 3 heteroatoms. The van der Waals surface area contributed by atoms with Crippen molar-refractivity contribution in [1.29, 1.82) is 0 Å². The first kappa shape index (κ1) is 13.5. The van der Waals surface area contributed by atoms with E-state index in [-0.39, 0.29) is 18.0 Å². The fourth-order valence-corrected chi connectivity index (χ4v) is 2.59. The third kappa shape index (κ3) is 3.09. The molecule has 1 aromatic rings. The van der Waals surface area contributed by atoms with Gasteiger partial charge in [-0.2, -0.15) is 0 Å². The smallest absolute Gasteiger partial charge is 0.123 e. The number of aryl methyl sites for hydroxylation is 1. The third-order valence-corrected chi connectivity index (χ3v) is 3.51. The molecule has 1 fully saturated rings. The molecule has 2 atom stereocenters. The number of ether oxygens (including phenoxy) is 1. The van der Waals surface area contributed by atoms with Gasteiger partial charge >= 0.3 is 0 Å². The van der Waals surface area contributed by atoms with Gasteiger partial charge in [0.2, 0.25) is 0 Å². The summed E-state index contributed by atoms with van der Waals surface area (Å²) in [6, 6.07) is 5.29. The number of nitrogens with one attached hydrogen (secondary N) is 1. The van der Waals surface area contributed by atoms with Crippen LogP contribution in [0.4, 0.5) is 4.39 Å². The van der Waals surface area contributed by atoms with E-state index in [1.807, 2.05) is 27.0 Å². The topological polar surface area (TPSA) is 21.3 Å². The van der Waals surface area contributed by atoms with Crippen molar-refractivity contribution in [3.63, 3.8) is 0 Å². The molecule has 0 radical (unpaired) electrons. The molecule has 1 aromatic carbocycles. The predicted octanol–water partition coefficient (Wildman–Crippen LogP) is 3.21. The van der Waals surface area contributed by atoms with Gasteiger partial charge in [-0.15, -0.1) is 0 Å². The fraction of sp³-hybridized carbons (Fsp3) is 0.600. The van der Waals surface area contributed by atoms with Gasteiger partial charge in [-0.25, -0.2) is 4.39 Å². The van der Waals surface area contributed by atoms with E-state index in [1.165, 1.54) is 12.8 Å². The molecule has 0 aromatic heterocycles. The molecule has 2 nitrogen and oxygen atoms in total. The van der Waals surface area contributed by atoms with Gasteiger partial charge in [-0.05, 0) is 62.9 Å². The van der Waals surface area contributed by atoms with Crippen LogP contribution in [0.5, 0.6) is 0 Å². The highest BCUT2D eigenvalue weighted by Crippen LogP contribution is 2.40. The number of benzene rings is 1. The van der Waals surface area contributed by atoms with Crippen LogP contribution in [0, 0.1) is 18.7 Å². The van der Waals surface area contributed by atoms with Gasteiger partial charge in [-0.3, -0.25) is 0 Å². The molecule has 100 valence electrons. The van der Waals surface area contributed by atoms with Crippen molar-refractivity contribution in [2.75, 3.05) is 13.7 Å². The SMILES string of the molecule is CCOC(C1CC1)C(NC)c1cc(C)cc(F)c1. The zero-order valence-corrected chi connectivity index (χ0v) is 11.4. The number of hydrogen-bond donors (Lipinski definition) is 1. The molecule has 0 saturated heterocycles. The van der Waals surface area contributed by atoms with Crippen LogP contribution in [-0.4, -0.2) is 19.8 Å². The summed E-state index contributed by atoms with van der Waals surface area (Å²) in [6.45, 7) is 4.64. The van der Waals surface area contributed by atoms with Gasteiger partial charge in [0.15, 0.2) is 0 Å². The molecular weight excluding hydrogens is 229 g/mol. The van der Waals surface area contributed by atoms with E-state index in [0.717, 1.165) is 11.1 Å². The molecule has 1 saturated carbocycles. The average molecular weight is 251 g/mol. The largest absolute Gasteiger partial charge is 0.376 e. The van der Waals surface area contributed by atoms with E-state index in [4.69, 9.17) is 4.74 Å². The Balaban J connectivity index is 2.24. The van der Waals surface area contributed by atoms with Gasteiger partial charge in [0.1, 0.15) is 5.82 Å². The molecule has 1 aliphatic carbocycles. The Labute approximate surface area is 109 Å². The van der Waals surface area contributed by atoms with E-state index in [1.54, 1.807) is 12.1 Å². The van der Waals surface area contributed by atoms with Crippen molar-refractivity contribution in [2.45, 2.75) is 38.8 Å². The van der Waals surface area contributed by atoms with E-state index in [9.17, 15) is 4.39 Å². The Kier molecular flexibility index (Phi) is 4.36. The Morgan fingerprint density at radius 1 is 1.39 bits per heavy atom. The normalized spacial score (nSPS) is 18.7. The van der Waals surface area contributed by atoms with E-state index in [0.29, 0.717) is 12.5 Å². The van der Waals surface area contributed by atoms with Gasteiger partial charge < -0.3 is 10.1 Å². The first-order valence-corrected chi connectivity index (χ1v) is 6.71. The van der Waals surface area contributed by atoms with Crippen LogP contribution >= 0.6 is 0 Å². The lowest BCUT2D eigenvalue weighted by Gasteiger charge is -2.27. The van der Waals surface area contributed by atoms with E-state index in [2.05, 4.69) is 5.32 Å². The molecule has 0 heterocycles. The summed E-state index contributed by atoms with van der Waals surface area (Å²) in [5.74, 6) is 0.447. The van der Waals surface area contributed by atoms with Gasteiger partial charge in [0, 0.05) is 6.61 Å². The highest BCUT2D eigenvalue weighted by Gasteiger charge is 2.37. The van der Waals surface area contributed by atoms with Crippen molar-refractivity contribution < 1.29 is 9.13 Å². The summed E-state index contributed by atoms with van der Waals surface area (Å²) in [4.78, 5) is 0. The summed E-state index contributed by atoms with van der Waals surface area (Å²) >= 11 is 0. The Morgan fingerprint density at radius 2 is 2.11 bits per heavy atom. The summed E-state index contributed by atoms with van der Waals surface area (Å²) in [6.07, 6.45) is 2.59. The third-order valence-electron chi connectivity index (χ3n) is 3.51. The maximum absolute atomic E-state index is 13.5. The molecule has 1 N–H and O–H groups in total. The van der Waals surface area contributed by atoms with Gasteiger partial charge in [-0.1, -0.05) is 6.07 Å². The van der Waals surface area contributed by atoms with Gasteiger partial charge in [0.25, 0.3) is 0 Å². The molecule has 18 heavy (non-hydrogen) atoms. The maximum Gasteiger partial charge on any atom is 0.123 e. The van der Waals surface area contributed by atoms with Crippen LogP contribution in [0.3, 0.4) is 0 Å². The minimum absolute atomic E-state index is 0.0758. The quantitative estimate of drug-likeness (QED) is 0.838. The van der Waals surface area contributed by atoms with Crippen LogP contribution in [0.2, 0.25) is 0 Å². The van der Waals surface area contributed by atoms with Crippen LogP contribution in [0.15, 0.2) is 18.2 Å². The second-order valence-electron chi connectivity index (χ2n) is 5.09. The van der Waals surface area contributed by atoms with Crippen molar-refractivity contribution in [2.24, 2.45) is 5.92 Å². The highest BCUT2D eigenvalue weighted by molar-refractivity contribution is 5.27. The van der Waals surface area contributed by atoms with Crippen LogP contribution in [-0.2, 0) is 4.74 Å². The highest BCUT2D eigenvalue weighted by atomic mass is 19.1. The zero-order valence-electron chi connectivity index (χ0n) is 11.4. The summed E-state index contributed by atoms with van der Waals surface area (Å²) in [7, 11) is 1.92. The standard InChI is InChI=1S/C15H22FNO/c1-4-18-15(11-5-6-11)14(17-3)12-7-10(2)8-13(16)9-12/h7-9,11,14-15,17H,4-6H2,1-3H3. The molecule has 2 unspecified atom stereocenters. The number of rotatable bonds is 6. The lowest BCUT2D eigenvalue weighted by atomic mass is 9.96. The zero-order chi connectivity index (χ0) is 13.1. The number of halogens is 1. The second-order valence-corrected chi connectivity index (χ2v) is 5.09. The molecule has 2 rings (SSSR count). The predicted molar refractivity (Wildman–Crippen MR) is 71.1 cm³/mol. The minimum atomic E-state index is -0.170. The van der Waals surface area contributed by atoms with Crippen LogP contribution in [0.25, 0.3) is 0 Å². The van der Waals surface area contributed by atoms with Crippen LogP contribution < -0.4 is 5.32 Å². The second kappa shape index (κ2) is 5.81. The molecule has 0 amide bonds. The Hall–Kier alpha value is -0.930. The summed E-state index contributed by atoms with van der Waals surface area (Å²) in [5, 5.41) is 3.29. The van der Waals surface area contributed by atoms with Crippen molar-refractivity contribution in [3.05, 3.63) is 35.1 Å². The number of hydrogen-bond acceptors (Lipinski definition) is 2. The van der Waals surface area contributed by atoms with Crippen molar-refractivity contribution in [3.8, 4) is 0 Å². The lowest BCUT2D eigenvalue weighted by molar-refractivity contribution is 0.0204. The van der Waals surface area contributed by atoms with E-state index < -0.39 is 0 Å². The Bertz CT molecular complexity index is 383. The molecular formula is C15H22FNO. The Morgan fingerprint density at radius 3 is 2.61 bits per heavy atom. The van der Waals surface area contributed by atoms with Crippen LogP contribution in [0.1, 0.15) is 36.9 Å². The number of likely N-dealkylation sites (N-methyl/N-ethyl adjacent to an activating group) is 1. The van der Waals surface area contributed by atoms with Gasteiger partial charge in [0.05, 0.1) is 12.1 Å². The lowest BCUT2D eigenvalue weighted by Crippen LogP contribution is -2.33. The molecule has 0 aliphatic heterocycles. The average Bonchev–Trinajstić information content (AvgIpc) is 3.11. The first-order chi connectivity index (χ1) is 8.65. The van der Waals surface area contributed by atoms with Crippen molar-refractivity contribution in [1.82, 2.24) is 5.32 Å². The maximum atomic E-state index is 13.5. The summed E-state index contributed by atoms with van der Waals surface area (Å²) < 4.78 is 19.4. The monoisotopic (exact) mass is 251 g/mol. The molecule has 1 aliphatic rings. The molecule has 0 spiro atoms. The first-order valence-electron chi connectivity index (χ1n) is 6.71. The fourth-order valence-electron chi connectivity index (χ4n) is 2.59.